The van der Waals surface area contributed by atoms with Gasteiger partial charge in [0.2, 0.25) is 0 Å². The van der Waals surface area contributed by atoms with Crippen molar-refractivity contribution in [2.45, 2.75) is 13.0 Å². The van der Waals surface area contributed by atoms with Crippen LogP contribution in [-0.4, -0.2) is 41.7 Å². The van der Waals surface area contributed by atoms with E-state index in [1.807, 2.05) is 6.92 Å². The minimum atomic E-state index is -1.15. The van der Waals surface area contributed by atoms with Crippen LogP contribution in [0.25, 0.3) is 0 Å². The number of para-hydroxylation sites is 1. The van der Waals surface area contributed by atoms with Crippen LogP contribution in [0.15, 0.2) is 18.2 Å². The summed E-state index contributed by atoms with van der Waals surface area (Å²) in [6.45, 7) is 3.73. The van der Waals surface area contributed by atoms with Crippen molar-refractivity contribution in [2.24, 2.45) is 0 Å². The second-order valence-electron chi connectivity index (χ2n) is 4.54. The summed E-state index contributed by atoms with van der Waals surface area (Å²) in [5.74, 6) is -1.15. The van der Waals surface area contributed by atoms with E-state index in [9.17, 15) is 20.0 Å². The molecule has 7 heteroatoms. The van der Waals surface area contributed by atoms with E-state index in [-0.39, 0.29) is 23.0 Å². The molecule has 1 aliphatic heterocycles. The zero-order chi connectivity index (χ0) is 14.0. The summed E-state index contributed by atoms with van der Waals surface area (Å²) in [4.78, 5) is 23.6. The molecule has 2 rings (SSSR count). The summed E-state index contributed by atoms with van der Waals surface area (Å²) >= 11 is 0. The zero-order valence-corrected chi connectivity index (χ0v) is 10.5. The Bertz CT molecular complexity index is 485. The molecule has 1 heterocycles. The number of aromatic carboxylic acids is 1. The highest BCUT2D eigenvalue weighted by atomic mass is 16.6. The highest BCUT2D eigenvalue weighted by molar-refractivity contribution is 5.97. The van der Waals surface area contributed by atoms with Gasteiger partial charge in [0.25, 0.3) is 5.69 Å². The van der Waals surface area contributed by atoms with Crippen LogP contribution in [-0.2, 0) is 0 Å². The van der Waals surface area contributed by atoms with Crippen LogP contribution in [0.1, 0.15) is 17.3 Å². The Kier molecular flexibility index (Phi) is 3.66. The van der Waals surface area contributed by atoms with Crippen molar-refractivity contribution in [3.63, 3.8) is 0 Å². The highest BCUT2D eigenvalue weighted by Gasteiger charge is 2.28. The molecule has 7 nitrogen and oxygen atoms in total. The van der Waals surface area contributed by atoms with E-state index in [0.29, 0.717) is 19.6 Å². The Labute approximate surface area is 110 Å². The molecule has 0 unspecified atom stereocenters. The van der Waals surface area contributed by atoms with Crippen molar-refractivity contribution in [3.05, 3.63) is 33.9 Å². The molecular formula is C12H15N3O4. The number of hydrogen-bond acceptors (Lipinski definition) is 5. The molecule has 0 aromatic heterocycles. The van der Waals surface area contributed by atoms with Crippen LogP contribution in [0.4, 0.5) is 11.4 Å². The SMILES string of the molecule is C[C@@H]1CN(c2c(C(=O)O)cccc2[N+](=O)[O-])CCN1. The lowest BCUT2D eigenvalue weighted by Gasteiger charge is -2.33. The Morgan fingerprint density at radius 1 is 1.58 bits per heavy atom. The van der Waals surface area contributed by atoms with Crippen LogP contribution < -0.4 is 10.2 Å². The monoisotopic (exact) mass is 265 g/mol. The molecule has 102 valence electrons. The fourth-order valence-electron chi connectivity index (χ4n) is 2.32. The quantitative estimate of drug-likeness (QED) is 0.627. The minimum absolute atomic E-state index is 0.0247. The van der Waals surface area contributed by atoms with Crippen LogP contribution in [0.2, 0.25) is 0 Å². The van der Waals surface area contributed by atoms with Gasteiger partial charge in [-0.25, -0.2) is 4.79 Å². The van der Waals surface area contributed by atoms with E-state index in [0.717, 1.165) is 0 Å². The third-order valence-electron chi connectivity index (χ3n) is 3.13. The smallest absolute Gasteiger partial charge is 0.338 e. The molecule has 1 aliphatic rings. The van der Waals surface area contributed by atoms with E-state index < -0.39 is 10.9 Å². The number of nitrogens with zero attached hydrogens (tertiary/aromatic N) is 2. The molecule has 1 aromatic rings. The van der Waals surface area contributed by atoms with E-state index in [4.69, 9.17) is 0 Å². The summed E-state index contributed by atoms with van der Waals surface area (Å²) in [5, 5.41) is 23.5. The van der Waals surface area contributed by atoms with Gasteiger partial charge in [0, 0.05) is 31.7 Å². The number of hydrogen-bond donors (Lipinski definition) is 2. The van der Waals surface area contributed by atoms with Gasteiger partial charge in [-0.15, -0.1) is 0 Å². The molecule has 1 atom stereocenters. The predicted octanol–water partition coefficient (Wildman–Crippen LogP) is 1.09. The molecular weight excluding hydrogens is 250 g/mol. The molecule has 0 aliphatic carbocycles. The van der Waals surface area contributed by atoms with Gasteiger partial charge in [-0.2, -0.15) is 0 Å². The number of rotatable bonds is 3. The fourth-order valence-corrected chi connectivity index (χ4v) is 2.32. The van der Waals surface area contributed by atoms with Gasteiger partial charge >= 0.3 is 5.97 Å². The van der Waals surface area contributed by atoms with Crippen molar-refractivity contribution in [1.29, 1.82) is 0 Å². The number of carbonyl (C=O) groups is 1. The van der Waals surface area contributed by atoms with Gasteiger partial charge in [0.1, 0.15) is 5.69 Å². The number of nitro benzene ring substituents is 1. The largest absolute Gasteiger partial charge is 0.478 e. The molecule has 19 heavy (non-hydrogen) atoms. The number of piperazine rings is 1. The topological polar surface area (TPSA) is 95.7 Å². The van der Waals surface area contributed by atoms with E-state index in [1.54, 1.807) is 4.90 Å². The van der Waals surface area contributed by atoms with Crippen molar-refractivity contribution in [1.82, 2.24) is 5.32 Å². The standard InChI is InChI=1S/C12H15N3O4/c1-8-7-14(6-5-13-8)11-9(12(16)17)3-2-4-10(11)15(18)19/h2-4,8,13H,5-7H2,1H3,(H,16,17)/t8-/m1/s1. The maximum absolute atomic E-state index is 11.3. The summed E-state index contributed by atoms with van der Waals surface area (Å²) in [6, 6.07) is 4.30. The minimum Gasteiger partial charge on any atom is -0.478 e. The Hall–Kier alpha value is -2.15. The molecule has 1 aromatic carbocycles. The summed E-state index contributed by atoms with van der Waals surface area (Å²) < 4.78 is 0. The van der Waals surface area contributed by atoms with Gasteiger partial charge in [0.15, 0.2) is 0 Å². The van der Waals surface area contributed by atoms with Crippen molar-refractivity contribution in [3.8, 4) is 0 Å². The summed E-state index contributed by atoms with van der Waals surface area (Å²) in [7, 11) is 0. The Morgan fingerprint density at radius 2 is 2.32 bits per heavy atom. The Balaban J connectivity index is 2.51. The van der Waals surface area contributed by atoms with Gasteiger partial charge in [0.05, 0.1) is 10.5 Å². The van der Waals surface area contributed by atoms with Crippen LogP contribution in [0.5, 0.6) is 0 Å². The lowest BCUT2D eigenvalue weighted by molar-refractivity contribution is -0.384. The molecule has 0 spiro atoms. The number of anilines is 1. The lowest BCUT2D eigenvalue weighted by atomic mass is 10.1. The Morgan fingerprint density at radius 3 is 2.89 bits per heavy atom. The zero-order valence-electron chi connectivity index (χ0n) is 10.5. The summed E-state index contributed by atoms with van der Waals surface area (Å²) in [6.07, 6.45) is 0. The van der Waals surface area contributed by atoms with Crippen molar-refractivity contribution >= 4 is 17.3 Å². The molecule has 0 bridgehead atoms. The van der Waals surface area contributed by atoms with Gasteiger partial charge in [-0.1, -0.05) is 6.07 Å². The first-order valence-corrected chi connectivity index (χ1v) is 5.99. The lowest BCUT2D eigenvalue weighted by Crippen LogP contribution is -2.49. The normalized spacial score (nSPS) is 19.2. The first-order valence-electron chi connectivity index (χ1n) is 5.99. The fraction of sp³-hybridized carbons (Fsp3) is 0.417. The number of nitro groups is 1. The second-order valence-corrected chi connectivity index (χ2v) is 4.54. The van der Waals surface area contributed by atoms with Crippen molar-refractivity contribution < 1.29 is 14.8 Å². The predicted molar refractivity (Wildman–Crippen MR) is 69.7 cm³/mol. The maximum Gasteiger partial charge on any atom is 0.338 e. The van der Waals surface area contributed by atoms with Gasteiger partial charge < -0.3 is 15.3 Å². The first-order chi connectivity index (χ1) is 9.00. The first kappa shape index (κ1) is 13.3. The number of carboxylic acids is 1. The average Bonchev–Trinajstić information content (AvgIpc) is 2.37. The second kappa shape index (κ2) is 5.23. The maximum atomic E-state index is 11.3. The van der Waals surface area contributed by atoms with Gasteiger partial charge in [-0.3, -0.25) is 10.1 Å². The average molecular weight is 265 g/mol. The molecule has 0 radical (unpaired) electrons. The number of carboxylic acid groups (broad SMARTS) is 1. The number of benzene rings is 1. The van der Waals surface area contributed by atoms with E-state index >= 15 is 0 Å². The molecule has 0 saturated carbocycles. The summed E-state index contributed by atoms with van der Waals surface area (Å²) in [5.41, 5.74) is 0.0191. The van der Waals surface area contributed by atoms with E-state index in [1.165, 1.54) is 18.2 Å². The van der Waals surface area contributed by atoms with Crippen molar-refractivity contribution in [2.75, 3.05) is 24.5 Å². The highest BCUT2D eigenvalue weighted by Crippen LogP contribution is 2.32. The number of nitrogens with one attached hydrogen (secondary N) is 1. The third kappa shape index (κ3) is 2.65. The molecule has 0 amide bonds. The molecule has 1 fully saturated rings. The molecule has 2 N–H and O–H groups in total. The van der Waals surface area contributed by atoms with Crippen LogP contribution in [0, 0.1) is 10.1 Å². The van der Waals surface area contributed by atoms with Gasteiger partial charge in [-0.05, 0) is 13.0 Å². The van der Waals surface area contributed by atoms with Crippen LogP contribution >= 0.6 is 0 Å². The molecule has 1 saturated heterocycles. The van der Waals surface area contributed by atoms with E-state index in [2.05, 4.69) is 5.32 Å². The third-order valence-corrected chi connectivity index (χ3v) is 3.13. The van der Waals surface area contributed by atoms with Crippen LogP contribution in [0.3, 0.4) is 0 Å².